The van der Waals surface area contributed by atoms with Gasteiger partial charge in [-0.25, -0.2) is 9.97 Å². The Morgan fingerprint density at radius 2 is 2.00 bits per heavy atom. The summed E-state index contributed by atoms with van der Waals surface area (Å²) in [6.45, 7) is 2.60. The summed E-state index contributed by atoms with van der Waals surface area (Å²) < 4.78 is 7.42. The van der Waals surface area contributed by atoms with Crippen LogP contribution >= 0.6 is 11.3 Å². The lowest BCUT2D eigenvalue weighted by molar-refractivity contribution is -0.115. The van der Waals surface area contributed by atoms with Crippen LogP contribution in [0.25, 0.3) is 22.0 Å². The Labute approximate surface area is 179 Å². The number of aromatic nitrogens is 3. The van der Waals surface area contributed by atoms with Crippen molar-refractivity contribution < 1.29 is 9.53 Å². The minimum atomic E-state index is -0.101. The minimum Gasteiger partial charge on any atom is -0.494 e. The lowest BCUT2D eigenvalue weighted by Crippen LogP contribution is -2.14. The van der Waals surface area contributed by atoms with Crippen LogP contribution in [0.3, 0.4) is 0 Å². The molecule has 7 heteroatoms. The van der Waals surface area contributed by atoms with Crippen LogP contribution in [-0.2, 0) is 18.3 Å². The Kier molecular flexibility index (Phi) is 5.90. The third-order valence-corrected chi connectivity index (χ3v) is 5.47. The number of imidazole rings is 1. The van der Waals surface area contributed by atoms with Crippen molar-refractivity contribution in [3.63, 3.8) is 0 Å². The smallest absolute Gasteiger partial charge is 0.230 e. The van der Waals surface area contributed by atoms with Crippen molar-refractivity contribution in [2.75, 3.05) is 11.9 Å². The molecular weight excluding hydrogens is 396 g/mol. The first-order valence-electron chi connectivity index (χ1n) is 9.67. The molecule has 30 heavy (non-hydrogen) atoms. The van der Waals surface area contributed by atoms with Gasteiger partial charge in [-0.3, -0.25) is 4.79 Å². The Bertz CT molecular complexity index is 1150. The number of thiazole rings is 1. The van der Waals surface area contributed by atoms with E-state index in [9.17, 15) is 4.79 Å². The van der Waals surface area contributed by atoms with Crippen LogP contribution in [0.5, 0.6) is 5.75 Å². The van der Waals surface area contributed by atoms with Gasteiger partial charge in [0, 0.05) is 41.6 Å². The number of anilines is 1. The first-order valence-corrected chi connectivity index (χ1v) is 10.6. The average Bonchev–Trinajstić information content (AvgIpc) is 3.38. The molecule has 0 saturated carbocycles. The summed E-state index contributed by atoms with van der Waals surface area (Å²) >= 11 is 1.53. The molecule has 0 radical (unpaired) electrons. The lowest BCUT2D eigenvalue weighted by Gasteiger charge is -2.07. The molecule has 6 nitrogen and oxygen atoms in total. The monoisotopic (exact) mass is 418 g/mol. The van der Waals surface area contributed by atoms with E-state index >= 15 is 0 Å². The second-order valence-corrected chi connectivity index (χ2v) is 7.63. The minimum absolute atomic E-state index is 0.101. The number of ether oxygens (including phenoxy) is 1. The highest BCUT2D eigenvalue weighted by Gasteiger charge is 2.11. The van der Waals surface area contributed by atoms with E-state index in [0.29, 0.717) is 6.61 Å². The number of nitrogens with one attached hydrogen (secondary N) is 1. The maximum Gasteiger partial charge on any atom is 0.230 e. The second kappa shape index (κ2) is 8.92. The molecule has 0 aliphatic heterocycles. The Balaban J connectivity index is 1.41. The van der Waals surface area contributed by atoms with E-state index in [1.807, 2.05) is 78.6 Å². The summed E-state index contributed by atoms with van der Waals surface area (Å²) in [5.74, 6) is 1.59. The van der Waals surface area contributed by atoms with E-state index in [0.717, 1.165) is 39.1 Å². The van der Waals surface area contributed by atoms with Gasteiger partial charge in [-0.2, -0.15) is 0 Å². The number of carbonyl (C=O) groups is 1. The number of amides is 1. The average molecular weight is 419 g/mol. The van der Waals surface area contributed by atoms with E-state index in [1.165, 1.54) is 11.3 Å². The van der Waals surface area contributed by atoms with Crippen LogP contribution < -0.4 is 10.1 Å². The van der Waals surface area contributed by atoms with Gasteiger partial charge >= 0.3 is 0 Å². The molecule has 1 amide bonds. The maximum atomic E-state index is 12.5. The van der Waals surface area contributed by atoms with Gasteiger partial charge in [0.05, 0.1) is 18.7 Å². The van der Waals surface area contributed by atoms with Crippen molar-refractivity contribution in [2.24, 2.45) is 7.05 Å². The first kappa shape index (κ1) is 19.8. The molecule has 0 fully saturated rings. The number of carbonyl (C=O) groups excluding carboxylic acids is 1. The molecule has 152 valence electrons. The fraction of sp³-hybridized carbons (Fsp3) is 0.174. The summed E-state index contributed by atoms with van der Waals surface area (Å²) in [6.07, 6.45) is 3.87. The molecule has 0 aliphatic rings. The first-order chi connectivity index (χ1) is 14.6. The standard InChI is InChI=1S/C23H22N4O2S/c1-3-29-20-9-7-16(8-10-20)23-26-19(15-30-23)14-21(28)25-18-6-4-5-17(13-18)22-24-11-12-27(22)2/h4-13,15H,3,14H2,1-2H3,(H,25,28). The lowest BCUT2D eigenvalue weighted by atomic mass is 10.2. The van der Waals surface area contributed by atoms with Gasteiger partial charge in [0.25, 0.3) is 0 Å². The van der Waals surface area contributed by atoms with Gasteiger partial charge in [-0.15, -0.1) is 11.3 Å². The maximum absolute atomic E-state index is 12.5. The Hall–Kier alpha value is -3.45. The summed E-state index contributed by atoms with van der Waals surface area (Å²) in [5, 5.41) is 5.77. The van der Waals surface area contributed by atoms with E-state index in [-0.39, 0.29) is 12.3 Å². The van der Waals surface area contributed by atoms with E-state index in [4.69, 9.17) is 4.74 Å². The molecular formula is C23H22N4O2S. The number of aryl methyl sites for hydroxylation is 1. The Morgan fingerprint density at radius 1 is 1.17 bits per heavy atom. The SMILES string of the molecule is CCOc1ccc(-c2nc(CC(=O)Nc3cccc(-c4nccn4C)c3)cs2)cc1. The molecule has 0 aliphatic carbocycles. The summed E-state index contributed by atoms with van der Waals surface area (Å²) in [4.78, 5) is 21.5. The van der Waals surface area contributed by atoms with Crippen LogP contribution in [0.1, 0.15) is 12.6 Å². The normalized spacial score (nSPS) is 10.7. The van der Waals surface area contributed by atoms with Gasteiger partial charge in [0.1, 0.15) is 16.6 Å². The molecule has 2 heterocycles. The number of benzene rings is 2. The fourth-order valence-corrected chi connectivity index (χ4v) is 3.96. The third-order valence-electron chi connectivity index (χ3n) is 4.53. The van der Waals surface area contributed by atoms with Crippen LogP contribution in [0.2, 0.25) is 0 Å². The molecule has 0 unspecified atom stereocenters. The van der Waals surface area contributed by atoms with Gasteiger partial charge in [0.15, 0.2) is 0 Å². The zero-order valence-corrected chi connectivity index (χ0v) is 17.6. The quantitative estimate of drug-likeness (QED) is 0.468. The number of hydrogen-bond acceptors (Lipinski definition) is 5. The number of hydrogen-bond donors (Lipinski definition) is 1. The van der Waals surface area contributed by atoms with E-state index in [2.05, 4.69) is 15.3 Å². The Morgan fingerprint density at radius 3 is 2.73 bits per heavy atom. The number of rotatable bonds is 7. The molecule has 4 rings (SSSR count). The third kappa shape index (κ3) is 4.58. The molecule has 1 N–H and O–H groups in total. The van der Waals surface area contributed by atoms with Gasteiger partial charge in [-0.05, 0) is 43.3 Å². The number of nitrogens with zero attached hydrogens (tertiary/aromatic N) is 3. The molecule has 4 aromatic rings. The highest BCUT2D eigenvalue weighted by Crippen LogP contribution is 2.26. The van der Waals surface area contributed by atoms with Crippen LogP contribution in [0, 0.1) is 0 Å². The van der Waals surface area contributed by atoms with Gasteiger partial charge in [0.2, 0.25) is 5.91 Å². The van der Waals surface area contributed by atoms with Gasteiger partial charge in [-0.1, -0.05) is 12.1 Å². The predicted octanol–water partition coefficient (Wildman–Crippen LogP) is 4.79. The zero-order valence-electron chi connectivity index (χ0n) is 16.8. The van der Waals surface area contributed by atoms with Crippen molar-refractivity contribution in [3.8, 4) is 27.7 Å². The van der Waals surface area contributed by atoms with Crippen molar-refractivity contribution in [2.45, 2.75) is 13.3 Å². The molecule has 2 aromatic carbocycles. The largest absolute Gasteiger partial charge is 0.494 e. The van der Waals surface area contributed by atoms with Crippen LogP contribution in [-0.4, -0.2) is 27.0 Å². The molecule has 2 aromatic heterocycles. The second-order valence-electron chi connectivity index (χ2n) is 6.77. The molecule has 0 saturated heterocycles. The summed E-state index contributed by atoms with van der Waals surface area (Å²) in [5.41, 5.74) is 3.45. The van der Waals surface area contributed by atoms with Crippen molar-refractivity contribution in [1.29, 1.82) is 0 Å². The predicted molar refractivity (Wildman–Crippen MR) is 120 cm³/mol. The van der Waals surface area contributed by atoms with Crippen LogP contribution in [0.15, 0.2) is 66.3 Å². The highest BCUT2D eigenvalue weighted by molar-refractivity contribution is 7.13. The van der Waals surface area contributed by atoms with Crippen molar-refractivity contribution in [3.05, 3.63) is 72.0 Å². The zero-order chi connectivity index (χ0) is 20.9. The molecule has 0 bridgehead atoms. The molecule has 0 spiro atoms. The van der Waals surface area contributed by atoms with E-state index < -0.39 is 0 Å². The van der Waals surface area contributed by atoms with Crippen LogP contribution in [0.4, 0.5) is 5.69 Å². The summed E-state index contributed by atoms with van der Waals surface area (Å²) in [6, 6.07) is 15.5. The fourth-order valence-electron chi connectivity index (χ4n) is 3.13. The van der Waals surface area contributed by atoms with Gasteiger partial charge < -0.3 is 14.6 Å². The van der Waals surface area contributed by atoms with Crippen molar-refractivity contribution in [1.82, 2.24) is 14.5 Å². The summed E-state index contributed by atoms with van der Waals surface area (Å²) in [7, 11) is 1.94. The van der Waals surface area contributed by atoms with E-state index in [1.54, 1.807) is 6.20 Å². The van der Waals surface area contributed by atoms with Crippen molar-refractivity contribution >= 4 is 22.9 Å². The topological polar surface area (TPSA) is 69.0 Å². The molecule has 0 atom stereocenters. The highest BCUT2D eigenvalue weighted by atomic mass is 32.1.